The molecule has 0 saturated carbocycles. The summed E-state index contributed by atoms with van der Waals surface area (Å²) in [5.41, 5.74) is 0. The molecule has 0 aromatic rings. The van der Waals surface area contributed by atoms with Crippen LogP contribution in [0.5, 0.6) is 0 Å². The van der Waals surface area contributed by atoms with Gasteiger partial charge in [0, 0.05) is 0 Å². The lowest BCUT2D eigenvalue weighted by Gasteiger charge is -2.23. The van der Waals surface area contributed by atoms with E-state index in [0.29, 0.717) is 0 Å². The van der Waals surface area contributed by atoms with Crippen LogP contribution in [0.3, 0.4) is 0 Å². The van der Waals surface area contributed by atoms with Crippen molar-refractivity contribution in [3.63, 3.8) is 0 Å². The molecule has 0 rings (SSSR count). The lowest BCUT2D eigenvalue weighted by Crippen LogP contribution is -2.33. The standard InChI is InChI=1S/C6H18OSi2/c1-5-9(4,6-2)7-8-3/h5-6,8H2,1-4H3. The third-order valence-corrected chi connectivity index (χ3v) is 8.92. The Bertz CT molecular complexity index is 71.5. The summed E-state index contributed by atoms with van der Waals surface area (Å²) in [6, 6.07) is 2.56. The summed E-state index contributed by atoms with van der Waals surface area (Å²) in [6.07, 6.45) is 0. The van der Waals surface area contributed by atoms with Gasteiger partial charge in [0.1, 0.15) is 9.76 Å². The molecule has 0 spiro atoms. The Morgan fingerprint density at radius 3 is 1.89 bits per heavy atom. The predicted molar refractivity (Wildman–Crippen MR) is 48.1 cm³/mol. The van der Waals surface area contributed by atoms with Crippen molar-refractivity contribution in [2.45, 2.75) is 39.0 Å². The third-order valence-electron chi connectivity index (χ3n) is 1.99. The Morgan fingerprint density at radius 2 is 1.78 bits per heavy atom. The highest BCUT2D eigenvalue weighted by Crippen LogP contribution is 2.14. The van der Waals surface area contributed by atoms with Crippen LogP contribution in [0.4, 0.5) is 0 Å². The van der Waals surface area contributed by atoms with Crippen LogP contribution >= 0.6 is 0 Å². The van der Waals surface area contributed by atoms with Gasteiger partial charge in [0.15, 0.2) is 8.32 Å². The fourth-order valence-electron chi connectivity index (χ4n) is 0.803. The Balaban J connectivity index is 3.62. The molecule has 0 aliphatic heterocycles. The molecule has 0 aliphatic rings. The van der Waals surface area contributed by atoms with Crippen molar-refractivity contribution in [3.05, 3.63) is 0 Å². The van der Waals surface area contributed by atoms with Gasteiger partial charge in [0.25, 0.3) is 0 Å². The molecule has 0 unspecified atom stereocenters. The molecule has 0 amide bonds. The summed E-state index contributed by atoms with van der Waals surface area (Å²) in [6.45, 7) is 9.06. The maximum Gasteiger partial charge on any atom is 0.175 e. The van der Waals surface area contributed by atoms with Crippen molar-refractivity contribution < 1.29 is 4.12 Å². The van der Waals surface area contributed by atoms with E-state index in [9.17, 15) is 0 Å². The van der Waals surface area contributed by atoms with E-state index in [4.69, 9.17) is 4.12 Å². The number of rotatable bonds is 4. The first-order chi connectivity index (χ1) is 4.18. The van der Waals surface area contributed by atoms with Gasteiger partial charge in [0.2, 0.25) is 0 Å². The molecule has 56 valence electrons. The second-order valence-corrected chi connectivity index (χ2v) is 8.64. The monoisotopic (exact) mass is 162 g/mol. The highest BCUT2D eigenvalue weighted by molar-refractivity contribution is 6.76. The van der Waals surface area contributed by atoms with Gasteiger partial charge < -0.3 is 4.12 Å². The molecule has 3 heteroatoms. The van der Waals surface area contributed by atoms with E-state index in [1.165, 1.54) is 12.1 Å². The highest BCUT2D eigenvalue weighted by atomic mass is 28.4. The SMILES string of the molecule is CC[Si](C)(CC)O[SiH2]C. The Labute approximate surface area is 61.9 Å². The minimum atomic E-state index is -1.14. The molecule has 0 aromatic carbocycles. The van der Waals surface area contributed by atoms with Gasteiger partial charge >= 0.3 is 0 Å². The van der Waals surface area contributed by atoms with Gasteiger partial charge in [-0.2, -0.15) is 0 Å². The third kappa shape index (κ3) is 3.18. The second kappa shape index (κ2) is 4.25. The topological polar surface area (TPSA) is 9.23 Å². The van der Waals surface area contributed by atoms with E-state index in [2.05, 4.69) is 26.9 Å². The summed E-state index contributed by atoms with van der Waals surface area (Å²) in [5.74, 6) is 0. The van der Waals surface area contributed by atoms with E-state index in [1.807, 2.05) is 0 Å². The van der Waals surface area contributed by atoms with Gasteiger partial charge in [-0.05, 0) is 18.6 Å². The van der Waals surface area contributed by atoms with E-state index in [0.717, 1.165) is 0 Å². The molecule has 0 bridgehead atoms. The van der Waals surface area contributed by atoms with Crippen molar-refractivity contribution in [3.8, 4) is 0 Å². The number of hydrogen-bond acceptors (Lipinski definition) is 1. The largest absolute Gasteiger partial charge is 0.461 e. The first-order valence-electron chi connectivity index (χ1n) is 3.82. The quantitative estimate of drug-likeness (QED) is 0.572. The minimum absolute atomic E-state index is 0.150. The van der Waals surface area contributed by atoms with Crippen molar-refractivity contribution in [1.82, 2.24) is 0 Å². The van der Waals surface area contributed by atoms with Crippen LogP contribution in [0.15, 0.2) is 0 Å². The summed E-state index contributed by atoms with van der Waals surface area (Å²) in [7, 11) is -1.29. The lowest BCUT2D eigenvalue weighted by atomic mass is 10.9. The van der Waals surface area contributed by atoms with Crippen LogP contribution in [0.2, 0.25) is 25.2 Å². The van der Waals surface area contributed by atoms with Gasteiger partial charge in [-0.25, -0.2) is 0 Å². The average Bonchev–Trinajstić information content (AvgIpc) is 1.89. The van der Waals surface area contributed by atoms with Crippen molar-refractivity contribution in [2.24, 2.45) is 0 Å². The fourth-order valence-corrected chi connectivity index (χ4v) is 5.72. The molecule has 0 saturated heterocycles. The van der Waals surface area contributed by atoms with Crippen LogP contribution in [-0.2, 0) is 4.12 Å². The Kier molecular flexibility index (Phi) is 4.43. The molecule has 0 heterocycles. The van der Waals surface area contributed by atoms with Gasteiger partial charge in [-0.3, -0.25) is 0 Å². The van der Waals surface area contributed by atoms with Crippen molar-refractivity contribution >= 4 is 18.1 Å². The van der Waals surface area contributed by atoms with Crippen LogP contribution in [-0.4, -0.2) is 18.1 Å². The van der Waals surface area contributed by atoms with Crippen LogP contribution < -0.4 is 0 Å². The highest BCUT2D eigenvalue weighted by Gasteiger charge is 2.21. The van der Waals surface area contributed by atoms with E-state index < -0.39 is 8.32 Å². The zero-order valence-electron chi connectivity index (χ0n) is 7.03. The van der Waals surface area contributed by atoms with Gasteiger partial charge in [-0.1, -0.05) is 20.4 Å². The zero-order valence-corrected chi connectivity index (χ0v) is 9.44. The van der Waals surface area contributed by atoms with Crippen LogP contribution in [0.25, 0.3) is 0 Å². The molecule has 0 aromatic heterocycles. The molecular weight excluding hydrogens is 144 g/mol. The van der Waals surface area contributed by atoms with Crippen molar-refractivity contribution in [1.29, 1.82) is 0 Å². The fraction of sp³-hybridized carbons (Fsp3) is 1.00. The summed E-state index contributed by atoms with van der Waals surface area (Å²) >= 11 is 0. The van der Waals surface area contributed by atoms with E-state index >= 15 is 0 Å². The first kappa shape index (κ1) is 9.39. The molecule has 0 N–H and O–H groups in total. The van der Waals surface area contributed by atoms with Crippen LogP contribution in [0.1, 0.15) is 13.8 Å². The summed E-state index contributed by atoms with van der Waals surface area (Å²) in [5, 5.41) is 0. The Hall–Kier alpha value is 0.394. The maximum atomic E-state index is 5.81. The molecule has 0 fully saturated rings. The summed E-state index contributed by atoms with van der Waals surface area (Å²) < 4.78 is 5.81. The molecule has 0 atom stereocenters. The van der Waals surface area contributed by atoms with Gasteiger partial charge in [0.05, 0.1) is 0 Å². The minimum Gasteiger partial charge on any atom is -0.461 e. The molecule has 0 aliphatic carbocycles. The van der Waals surface area contributed by atoms with E-state index in [1.54, 1.807) is 0 Å². The zero-order chi connectivity index (χ0) is 7.33. The smallest absolute Gasteiger partial charge is 0.175 e. The van der Waals surface area contributed by atoms with Gasteiger partial charge in [-0.15, -0.1) is 0 Å². The van der Waals surface area contributed by atoms with Crippen LogP contribution in [0, 0.1) is 0 Å². The molecule has 9 heavy (non-hydrogen) atoms. The maximum absolute atomic E-state index is 5.81. The molecule has 1 nitrogen and oxygen atoms in total. The lowest BCUT2D eigenvalue weighted by molar-refractivity contribution is 0.582. The first-order valence-corrected chi connectivity index (χ1v) is 8.64. The second-order valence-electron chi connectivity index (χ2n) is 2.59. The van der Waals surface area contributed by atoms with E-state index in [-0.39, 0.29) is 9.76 Å². The summed E-state index contributed by atoms with van der Waals surface area (Å²) in [4.78, 5) is 0. The Morgan fingerprint density at radius 1 is 1.33 bits per heavy atom. The predicted octanol–water partition coefficient (Wildman–Crippen LogP) is 1.75. The van der Waals surface area contributed by atoms with Crippen molar-refractivity contribution in [2.75, 3.05) is 0 Å². The molecule has 0 radical (unpaired) electrons. The average molecular weight is 162 g/mol. The number of hydrogen-bond donors (Lipinski definition) is 0. The molecular formula is C6H18OSi2. The normalized spacial score (nSPS) is 13.3.